The molecule has 1 atom stereocenters. The van der Waals surface area contributed by atoms with Crippen molar-refractivity contribution in [2.45, 2.75) is 25.8 Å². The van der Waals surface area contributed by atoms with Crippen molar-refractivity contribution in [1.29, 1.82) is 0 Å². The smallest absolute Gasteiger partial charge is 0.0946 e. The lowest BCUT2D eigenvalue weighted by Gasteiger charge is -2.17. The van der Waals surface area contributed by atoms with Gasteiger partial charge in [-0.3, -0.25) is 4.68 Å². The SMILES string of the molecule is CCNC(CCc1cnn(C)c1)c1cncn1C. The highest BCUT2D eigenvalue weighted by molar-refractivity contribution is 5.08. The van der Waals surface area contributed by atoms with E-state index in [1.165, 1.54) is 11.3 Å². The second-order valence-electron chi connectivity index (χ2n) is 4.60. The van der Waals surface area contributed by atoms with E-state index in [0.717, 1.165) is 19.4 Å². The van der Waals surface area contributed by atoms with Crippen LogP contribution in [-0.2, 0) is 20.5 Å². The number of nitrogens with zero attached hydrogens (tertiary/aromatic N) is 4. The summed E-state index contributed by atoms with van der Waals surface area (Å²) >= 11 is 0. The number of aryl methyl sites for hydroxylation is 3. The molecule has 2 heterocycles. The van der Waals surface area contributed by atoms with Gasteiger partial charge in [-0.05, 0) is 24.9 Å². The summed E-state index contributed by atoms with van der Waals surface area (Å²) in [6.45, 7) is 3.09. The second kappa shape index (κ2) is 5.82. The summed E-state index contributed by atoms with van der Waals surface area (Å²) in [7, 11) is 3.99. The number of hydrogen-bond donors (Lipinski definition) is 1. The molecule has 0 aliphatic carbocycles. The largest absolute Gasteiger partial charge is 0.336 e. The lowest BCUT2D eigenvalue weighted by Crippen LogP contribution is -2.23. The van der Waals surface area contributed by atoms with Crippen molar-refractivity contribution in [2.75, 3.05) is 6.54 Å². The van der Waals surface area contributed by atoms with Crippen LogP contribution in [0.3, 0.4) is 0 Å². The van der Waals surface area contributed by atoms with Crippen molar-refractivity contribution in [1.82, 2.24) is 24.6 Å². The number of rotatable bonds is 6. The molecule has 0 bridgehead atoms. The van der Waals surface area contributed by atoms with E-state index in [1.807, 2.05) is 37.5 Å². The van der Waals surface area contributed by atoms with Gasteiger partial charge in [-0.15, -0.1) is 0 Å². The van der Waals surface area contributed by atoms with Crippen molar-refractivity contribution in [2.24, 2.45) is 14.1 Å². The number of nitrogens with one attached hydrogen (secondary N) is 1. The van der Waals surface area contributed by atoms with E-state index in [9.17, 15) is 0 Å². The maximum atomic E-state index is 4.20. The molecule has 98 valence electrons. The molecule has 0 amide bonds. The average molecular weight is 247 g/mol. The molecular weight excluding hydrogens is 226 g/mol. The molecule has 5 nitrogen and oxygen atoms in total. The third kappa shape index (κ3) is 2.98. The van der Waals surface area contributed by atoms with Gasteiger partial charge in [-0.2, -0.15) is 5.10 Å². The summed E-state index contributed by atoms with van der Waals surface area (Å²) in [6, 6.07) is 0.350. The van der Waals surface area contributed by atoms with Gasteiger partial charge >= 0.3 is 0 Å². The van der Waals surface area contributed by atoms with Crippen LogP contribution >= 0.6 is 0 Å². The van der Waals surface area contributed by atoms with E-state index in [2.05, 4.69) is 33.1 Å². The van der Waals surface area contributed by atoms with Gasteiger partial charge in [-0.1, -0.05) is 6.92 Å². The second-order valence-corrected chi connectivity index (χ2v) is 4.60. The summed E-state index contributed by atoms with van der Waals surface area (Å²) < 4.78 is 3.93. The molecule has 2 aromatic heterocycles. The van der Waals surface area contributed by atoms with E-state index >= 15 is 0 Å². The van der Waals surface area contributed by atoms with Gasteiger partial charge in [0.15, 0.2) is 0 Å². The van der Waals surface area contributed by atoms with Gasteiger partial charge in [0.1, 0.15) is 0 Å². The topological polar surface area (TPSA) is 47.7 Å². The van der Waals surface area contributed by atoms with Crippen LogP contribution in [0, 0.1) is 0 Å². The highest BCUT2D eigenvalue weighted by Crippen LogP contribution is 2.18. The van der Waals surface area contributed by atoms with Gasteiger partial charge < -0.3 is 9.88 Å². The predicted molar refractivity (Wildman–Crippen MR) is 71.2 cm³/mol. The third-order valence-corrected chi connectivity index (χ3v) is 3.14. The van der Waals surface area contributed by atoms with Crippen LogP contribution in [0.2, 0.25) is 0 Å². The Hall–Kier alpha value is -1.62. The molecule has 5 heteroatoms. The summed E-state index contributed by atoms with van der Waals surface area (Å²) in [5, 5.41) is 7.71. The molecular formula is C13H21N5. The van der Waals surface area contributed by atoms with E-state index in [0.29, 0.717) is 6.04 Å². The quantitative estimate of drug-likeness (QED) is 0.840. The minimum absolute atomic E-state index is 0.350. The van der Waals surface area contributed by atoms with Gasteiger partial charge in [0, 0.05) is 32.5 Å². The van der Waals surface area contributed by atoms with Crippen molar-refractivity contribution in [3.05, 3.63) is 36.2 Å². The molecule has 0 spiro atoms. The molecule has 18 heavy (non-hydrogen) atoms. The van der Waals surface area contributed by atoms with Gasteiger partial charge in [0.05, 0.1) is 18.2 Å². The molecule has 0 saturated heterocycles. The molecule has 0 radical (unpaired) electrons. The Bertz CT molecular complexity index is 485. The molecule has 0 saturated carbocycles. The van der Waals surface area contributed by atoms with Crippen molar-refractivity contribution >= 4 is 0 Å². The highest BCUT2D eigenvalue weighted by Gasteiger charge is 2.13. The fourth-order valence-corrected chi connectivity index (χ4v) is 2.22. The molecule has 0 aromatic carbocycles. The Labute approximate surface area is 108 Å². The standard InChI is InChI=1S/C13H21N5/c1-4-15-12(13-8-14-10-17(13)2)6-5-11-7-16-18(3)9-11/h7-10,12,15H,4-6H2,1-3H3. The Morgan fingerprint density at radius 3 is 2.72 bits per heavy atom. The Balaban J connectivity index is 2.01. The van der Waals surface area contributed by atoms with Crippen LogP contribution in [0.15, 0.2) is 24.9 Å². The van der Waals surface area contributed by atoms with Crippen molar-refractivity contribution in [3.8, 4) is 0 Å². The first-order chi connectivity index (χ1) is 8.70. The molecule has 1 N–H and O–H groups in total. The lowest BCUT2D eigenvalue weighted by molar-refractivity contribution is 0.490. The number of imidazole rings is 1. The predicted octanol–water partition coefficient (Wildman–Crippen LogP) is 1.44. The summed E-state index contributed by atoms with van der Waals surface area (Å²) in [4.78, 5) is 4.19. The highest BCUT2D eigenvalue weighted by atomic mass is 15.2. The van der Waals surface area contributed by atoms with Crippen LogP contribution in [0.25, 0.3) is 0 Å². The molecule has 2 rings (SSSR count). The van der Waals surface area contributed by atoms with Gasteiger partial charge in [-0.25, -0.2) is 4.98 Å². The third-order valence-electron chi connectivity index (χ3n) is 3.14. The van der Waals surface area contributed by atoms with Crippen LogP contribution in [0.1, 0.15) is 30.6 Å². The maximum Gasteiger partial charge on any atom is 0.0946 e. The molecule has 0 fully saturated rings. The zero-order chi connectivity index (χ0) is 13.0. The summed E-state index contributed by atoms with van der Waals surface area (Å²) in [5.74, 6) is 0. The Morgan fingerprint density at radius 1 is 1.33 bits per heavy atom. The first kappa shape index (κ1) is 12.8. The minimum Gasteiger partial charge on any atom is -0.336 e. The first-order valence-corrected chi connectivity index (χ1v) is 6.37. The normalized spacial score (nSPS) is 12.8. The Morgan fingerprint density at radius 2 is 2.17 bits per heavy atom. The maximum absolute atomic E-state index is 4.20. The fourth-order valence-electron chi connectivity index (χ4n) is 2.22. The van der Waals surface area contributed by atoms with E-state index in [4.69, 9.17) is 0 Å². The van der Waals surface area contributed by atoms with Crippen molar-refractivity contribution < 1.29 is 0 Å². The lowest BCUT2D eigenvalue weighted by atomic mass is 10.1. The monoisotopic (exact) mass is 247 g/mol. The van der Waals surface area contributed by atoms with Crippen LogP contribution in [0.4, 0.5) is 0 Å². The van der Waals surface area contributed by atoms with Crippen LogP contribution in [-0.4, -0.2) is 25.9 Å². The van der Waals surface area contributed by atoms with E-state index in [-0.39, 0.29) is 0 Å². The molecule has 0 aliphatic heterocycles. The van der Waals surface area contributed by atoms with Crippen molar-refractivity contribution in [3.63, 3.8) is 0 Å². The zero-order valence-corrected chi connectivity index (χ0v) is 11.3. The minimum atomic E-state index is 0.350. The average Bonchev–Trinajstić information content (AvgIpc) is 2.94. The summed E-state index contributed by atoms with van der Waals surface area (Å²) in [6.07, 6.45) is 9.88. The zero-order valence-electron chi connectivity index (χ0n) is 11.3. The molecule has 0 aliphatic rings. The summed E-state index contributed by atoms with van der Waals surface area (Å²) in [5.41, 5.74) is 2.52. The van der Waals surface area contributed by atoms with Crippen LogP contribution < -0.4 is 5.32 Å². The fraction of sp³-hybridized carbons (Fsp3) is 0.538. The number of aromatic nitrogens is 4. The Kier molecular flexibility index (Phi) is 4.15. The first-order valence-electron chi connectivity index (χ1n) is 6.37. The van der Waals surface area contributed by atoms with E-state index in [1.54, 1.807) is 0 Å². The molecule has 2 aromatic rings. The molecule has 1 unspecified atom stereocenters. The van der Waals surface area contributed by atoms with Crippen LogP contribution in [0.5, 0.6) is 0 Å². The van der Waals surface area contributed by atoms with Gasteiger partial charge in [0.2, 0.25) is 0 Å². The van der Waals surface area contributed by atoms with Gasteiger partial charge in [0.25, 0.3) is 0 Å². The van der Waals surface area contributed by atoms with E-state index < -0.39 is 0 Å². The number of hydrogen-bond acceptors (Lipinski definition) is 3.